The first-order chi connectivity index (χ1) is 9.97. The average molecular weight is 291 g/mol. The molecule has 0 aliphatic carbocycles. The first-order valence-corrected chi connectivity index (χ1v) is 8.40. The molecule has 0 atom stereocenters. The lowest BCUT2D eigenvalue weighted by atomic mass is 10.0. The van der Waals surface area contributed by atoms with E-state index < -0.39 is 0 Å². The van der Waals surface area contributed by atoms with Gasteiger partial charge in [-0.1, -0.05) is 118 Å². The van der Waals surface area contributed by atoms with Crippen molar-refractivity contribution in [2.45, 2.75) is 69.2 Å². The maximum Gasteiger partial charge on any atom is -0.0184 e. The highest BCUT2D eigenvalue weighted by molar-refractivity contribution is 5.81. The molecule has 0 saturated carbocycles. The van der Waals surface area contributed by atoms with Crippen LogP contribution in [0.4, 0.5) is 0 Å². The molecule has 0 nitrogen and oxygen atoms in total. The van der Waals surface area contributed by atoms with Gasteiger partial charge in [0.2, 0.25) is 0 Å². The van der Waals surface area contributed by atoms with Crippen LogP contribution in [-0.2, 0) is 0 Å². The van der Waals surface area contributed by atoms with Gasteiger partial charge in [0, 0.05) is 0 Å². The van der Waals surface area contributed by atoms with Gasteiger partial charge < -0.3 is 0 Å². The lowest BCUT2D eigenvalue weighted by Crippen LogP contribution is -1.93. The van der Waals surface area contributed by atoms with Crippen LogP contribution < -0.4 is 0 Å². The maximum atomic E-state index is 2.19. The van der Waals surface area contributed by atoms with Crippen LogP contribution in [0.3, 0.4) is 0 Å². The summed E-state index contributed by atoms with van der Waals surface area (Å²) in [6.07, 6.45) is 0. The molecule has 122 valence electrons. The van der Waals surface area contributed by atoms with Crippen molar-refractivity contribution in [3.8, 4) is 0 Å². The topological polar surface area (TPSA) is 0 Å². The fraction of sp³-hybridized carbons (Fsp3) is 0.524. The molecule has 2 aromatic rings. The van der Waals surface area contributed by atoms with Crippen molar-refractivity contribution in [3.63, 3.8) is 0 Å². The second-order valence-electron chi connectivity index (χ2n) is 5.35. The Morgan fingerprint density at radius 1 is 0.476 bits per heavy atom. The normalized spacial score (nSPS) is 8.48. The lowest BCUT2D eigenvalue weighted by Gasteiger charge is -2.05. The summed E-state index contributed by atoms with van der Waals surface area (Å²) in [4.78, 5) is 0. The molecule has 21 heavy (non-hydrogen) atoms. The fourth-order valence-corrected chi connectivity index (χ4v) is 1.13. The van der Waals surface area contributed by atoms with E-state index in [4.69, 9.17) is 0 Å². The summed E-state index contributed by atoms with van der Waals surface area (Å²) in [6, 6.07) is 16.7. The molecule has 0 radical (unpaired) electrons. The van der Waals surface area contributed by atoms with Crippen LogP contribution in [0.5, 0.6) is 0 Å². The molecule has 0 spiro atoms. The van der Waals surface area contributed by atoms with E-state index in [1.54, 1.807) is 0 Å². The Balaban J connectivity index is -0.000000253. The molecule has 0 heteroatoms. The Kier molecular flexibility index (Phi) is 19.7. The highest BCUT2D eigenvalue weighted by Gasteiger charge is 1.95. The van der Waals surface area contributed by atoms with Crippen LogP contribution in [0.2, 0.25) is 0 Å². The summed E-state index contributed by atoms with van der Waals surface area (Å²) >= 11 is 0. The molecule has 0 aliphatic heterocycles. The third-order valence-electron chi connectivity index (χ3n) is 1.66. The second-order valence-corrected chi connectivity index (χ2v) is 5.35. The minimum atomic E-state index is 0.500. The molecular weight excluding hydrogens is 252 g/mol. The van der Waals surface area contributed by atoms with E-state index in [2.05, 4.69) is 76.2 Å². The number of fused-ring (bicyclic) bond motifs is 1. The van der Waals surface area contributed by atoms with E-state index in [1.807, 2.05) is 41.5 Å². The Hall–Kier alpha value is -1.30. The van der Waals surface area contributed by atoms with Gasteiger partial charge in [-0.2, -0.15) is 0 Å². The minimum Gasteiger partial charge on any atom is -0.0683 e. The van der Waals surface area contributed by atoms with Crippen molar-refractivity contribution >= 4 is 10.8 Å². The molecule has 0 fully saturated rings. The van der Waals surface area contributed by atoms with Crippen molar-refractivity contribution in [3.05, 3.63) is 48.5 Å². The van der Waals surface area contributed by atoms with Crippen molar-refractivity contribution in [2.75, 3.05) is 0 Å². The van der Waals surface area contributed by atoms with E-state index in [-0.39, 0.29) is 0 Å². The van der Waals surface area contributed by atoms with Gasteiger partial charge in [-0.15, -0.1) is 0 Å². The number of hydrogen-bond acceptors (Lipinski definition) is 0. The van der Waals surface area contributed by atoms with Crippen LogP contribution in [-0.4, -0.2) is 0 Å². The second kappa shape index (κ2) is 16.8. The third kappa shape index (κ3) is 18.7. The Labute approximate surface area is 134 Å². The molecule has 2 aromatic carbocycles. The van der Waals surface area contributed by atoms with E-state index in [1.165, 1.54) is 10.8 Å². The molecule has 0 amide bonds. The van der Waals surface area contributed by atoms with Crippen LogP contribution in [0.15, 0.2) is 48.5 Å². The van der Waals surface area contributed by atoms with Gasteiger partial charge in [0.1, 0.15) is 0 Å². The van der Waals surface area contributed by atoms with E-state index in [9.17, 15) is 0 Å². The number of hydrogen-bond donors (Lipinski definition) is 0. The van der Waals surface area contributed by atoms with Crippen LogP contribution in [0, 0.1) is 5.41 Å². The quantitative estimate of drug-likeness (QED) is 0.461. The van der Waals surface area contributed by atoms with E-state index >= 15 is 0 Å². The predicted molar refractivity (Wildman–Crippen MR) is 103 cm³/mol. The first-order valence-electron chi connectivity index (χ1n) is 8.40. The zero-order valence-electron chi connectivity index (χ0n) is 16.1. The van der Waals surface area contributed by atoms with Gasteiger partial charge in [-0.05, 0) is 16.2 Å². The van der Waals surface area contributed by atoms with Gasteiger partial charge in [-0.25, -0.2) is 0 Å². The SMILES string of the molecule is CC.CC.CC.CC(C)(C)C.c1ccc2ccccc2c1. The predicted octanol–water partition coefficient (Wildman–Crippen LogP) is 7.97. The smallest absolute Gasteiger partial charge is 0.0184 e. The van der Waals surface area contributed by atoms with Gasteiger partial charge in [0.15, 0.2) is 0 Å². The Bertz CT molecular complexity index is 336. The minimum absolute atomic E-state index is 0.500. The summed E-state index contributed by atoms with van der Waals surface area (Å²) in [6.45, 7) is 20.8. The van der Waals surface area contributed by atoms with Crippen LogP contribution >= 0.6 is 0 Å². The summed E-state index contributed by atoms with van der Waals surface area (Å²) in [5.74, 6) is 0. The highest BCUT2D eigenvalue weighted by atomic mass is 14.0. The van der Waals surface area contributed by atoms with Crippen LogP contribution in [0.1, 0.15) is 69.2 Å². The molecule has 0 saturated heterocycles. The molecular formula is C21H38. The van der Waals surface area contributed by atoms with Gasteiger partial charge >= 0.3 is 0 Å². The summed E-state index contributed by atoms with van der Waals surface area (Å²) < 4.78 is 0. The molecule has 0 bridgehead atoms. The van der Waals surface area contributed by atoms with Crippen molar-refractivity contribution in [1.82, 2.24) is 0 Å². The third-order valence-corrected chi connectivity index (χ3v) is 1.66. The van der Waals surface area contributed by atoms with Crippen LogP contribution in [0.25, 0.3) is 10.8 Å². The Morgan fingerprint density at radius 2 is 0.619 bits per heavy atom. The first kappa shape index (κ1) is 24.7. The fourth-order valence-electron chi connectivity index (χ4n) is 1.13. The molecule has 0 aromatic heterocycles. The van der Waals surface area contributed by atoms with Crippen molar-refractivity contribution in [2.24, 2.45) is 5.41 Å². The molecule has 0 aliphatic rings. The largest absolute Gasteiger partial charge is 0.0683 e. The number of rotatable bonds is 0. The average Bonchev–Trinajstić information content (AvgIpc) is 2.52. The van der Waals surface area contributed by atoms with Gasteiger partial charge in [-0.3, -0.25) is 0 Å². The lowest BCUT2D eigenvalue weighted by molar-refractivity contribution is 0.469. The number of benzene rings is 2. The van der Waals surface area contributed by atoms with Crippen molar-refractivity contribution in [1.29, 1.82) is 0 Å². The summed E-state index contributed by atoms with van der Waals surface area (Å²) in [7, 11) is 0. The summed E-state index contributed by atoms with van der Waals surface area (Å²) in [5.41, 5.74) is 0.500. The van der Waals surface area contributed by atoms with Crippen molar-refractivity contribution < 1.29 is 0 Å². The zero-order chi connectivity index (χ0) is 17.3. The Morgan fingerprint density at radius 3 is 0.762 bits per heavy atom. The van der Waals surface area contributed by atoms with Gasteiger partial charge in [0.25, 0.3) is 0 Å². The molecule has 0 heterocycles. The monoisotopic (exact) mass is 290 g/mol. The molecule has 2 rings (SSSR count). The highest BCUT2D eigenvalue weighted by Crippen LogP contribution is 2.11. The summed E-state index contributed by atoms with van der Waals surface area (Å²) in [5, 5.41) is 2.62. The van der Waals surface area contributed by atoms with Gasteiger partial charge in [0.05, 0.1) is 0 Å². The zero-order valence-corrected chi connectivity index (χ0v) is 16.1. The molecule has 0 N–H and O–H groups in total. The standard InChI is InChI=1S/C10H8.C5H12.3C2H6/c1-2-6-10-8-4-3-7-9(10)5-1;1-5(2,3)4;3*1-2/h1-8H;1-4H3;3*1-2H3. The molecule has 0 unspecified atom stereocenters. The van der Waals surface area contributed by atoms with E-state index in [0.29, 0.717) is 5.41 Å². The van der Waals surface area contributed by atoms with E-state index in [0.717, 1.165) is 0 Å². The maximum absolute atomic E-state index is 2.19.